The number of anilines is 1. The van der Waals surface area contributed by atoms with Gasteiger partial charge in [0.15, 0.2) is 0 Å². The molecule has 0 unspecified atom stereocenters. The van der Waals surface area contributed by atoms with Gasteiger partial charge in [-0.05, 0) is 29.2 Å². The van der Waals surface area contributed by atoms with Crippen LogP contribution in [0.1, 0.15) is 41.3 Å². The lowest BCUT2D eigenvalue weighted by atomic mass is 10.0. The SMILES string of the molecule is COC(=O)c1ccccc1CNc1ccccc1C(C)C. The highest BCUT2D eigenvalue weighted by Crippen LogP contribution is 2.24. The van der Waals surface area contributed by atoms with Gasteiger partial charge in [0.1, 0.15) is 0 Å². The van der Waals surface area contributed by atoms with Crippen molar-refractivity contribution in [1.82, 2.24) is 0 Å². The normalized spacial score (nSPS) is 10.5. The van der Waals surface area contributed by atoms with Gasteiger partial charge in [-0.2, -0.15) is 0 Å². The molecular weight excluding hydrogens is 262 g/mol. The third kappa shape index (κ3) is 3.63. The van der Waals surface area contributed by atoms with Crippen molar-refractivity contribution >= 4 is 11.7 Å². The second kappa shape index (κ2) is 6.93. The molecule has 0 fully saturated rings. The molecule has 0 aromatic heterocycles. The van der Waals surface area contributed by atoms with Gasteiger partial charge < -0.3 is 10.1 Å². The van der Waals surface area contributed by atoms with Gasteiger partial charge >= 0.3 is 5.97 Å². The molecule has 1 N–H and O–H groups in total. The van der Waals surface area contributed by atoms with Crippen LogP contribution in [0.15, 0.2) is 48.5 Å². The van der Waals surface area contributed by atoms with Crippen molar-refractivity contribution in [2.45, 2.75) is 26.3 Å². The van der Waals surface area contributed by atoms with E-state index in [1.54, 1.807) is 6.07 Å². The van der Waals surface area contributed by atoms with Crippen LogP contribution in [0.3, 0.4) is 0 Å². The third-order valence-corrected chi connectivity index (χ3v) is 3.47. The van der Waals surface area contributed by atoms with Crippen LogP contribution in [0.4, 0.5) is 5.69 Å². The Labute approximate surface area is 126 Å². The van der Waals surface area contributed by atoms with Gasteiger partial charge in [0.25, 0.3) is 0 Å². The number of nitrogens with one attached hydrogen (secondary N) is 1. The maximum absolute atomic E-state index is 11.8. The Hall–Kier alpha value is -2.29. The Morgan fingerprint density at radius 3 is 2.48 bits per heavy atom. The Kier molecular flexibility index (Phi) is 4.99. The van der Waals surface area contributed by atoms with E-state index in [1.165, 1.54) is 12.7 Å². The molecule has 0 amide bonds. The van der Waals surface area contributed by atoms with Gasteiger partial charge in [-0.15, -0.1) is 0 Å². The molecule has 0 aliphatic carbocycles. The van der Waals surface area contributed by atoms with Crippen LogP contribution in [0.25, 0.3) is 0 Å². The van der Waals surface area contributed by atoms with E-state index in [0.29, 0.717) is 18.0 Å². The molecule has 3 nitrogen and oxygen atoms in total. The van der Waals surface area contributed by atoms with E-state index in [0.717, 1.165) is 11.3 Å². The number of hydrogen-bond acceptors (Lipinski definition) is 3. The van der Waals surface area contributed by atoms with Gasteiger partial charge in [0, 0.05) is 12.2 Å². The van der Waals surface area contributed by atoms with Crippen LogP contribution in [0.2, 0.25) is 0 Å². The van der Waals surface area contributed by atoms with Crippen LogP contribution in [0, 0.1) is 0 Å². The lowest BCUT2D eigenvalue weighted by Gasteiger charge is -2.15. The second-order valence-electron chi connectivity index (χ2n) is 5.24. The van der Waals surface area contributed by atoms with E-state index in [2.05, 4.69) is 31.3 Å². The molecule has 0 saturated carbocycles. The van der Waals surface area contributed by atoms with Crippen molar-refractivity contribution in [2.75, 3.05) is 12.4 Å². The first-order chi connectivity index (χ1) is 10.1. The average Bonchev–Trinajstić information content (AvgIpc) is 2.52. The van der Waals surface area contributed by atoms with Gasteiger partial charge in [-0.1, -0.05) is 50.2 Å². The summed E-state index contributed by atoms with van der Waals surface area (Å²) in [5.41, 5.74) is 3.91. The quantitative estimate of drug-likeness (QED) is 0.835. The van der Waals surface area contributed by atoms with Crippen molar-refractivity contribution in [2.24, 2.45) is 0 Å². The number of benzene rings is 2. The molecule has 0 bridgehead atoms. The molecule has 110 valence electrons. The summed E-state index contributed by atoms with van der Waals surface area (Å²) in [5.74, 6) is 0.147. The summed E-state index contributed by atoms with van der Waals surface area (Å²) in [5, 5.41) is 3.42. The molecular formula is C18H21NO2. The molecule has 21 heavy (non-hydrogen) atoms. The van der Waals surface area contributed by atoms with Crippen LogP contribution < -0.4 is 5.32 Å². The molecule has 0 aliphatic heterocycles. The molecule has 0 spiro atoms. The van der Waals surface area contributed by atoms with Crippen molar-refractivity contribution < 1.29 is 9.53 Å². The Morgan fingerprint density at radius 2 is 1.76 bits per heavy atom. The van der Waals surface area contributed by atoms with E-state index in [4.69, 9.17) is 4.74 Å². The van der Waals surface area contributed by atoms with E-state index in [1.807, 2.05) is 30.3 Å². The zero-order valence-corrected chi connectivity index (χ0v) is 12.7. The summed E-state index contributed by atoms with van der Waals surface area (Å²) >= 11 is 0. The number of carbonyl (C=O) groups excluding carboxylic acids is 1. The van der Waals surface area contributed by atoms with Crippen molar-refractivity contribution in [1.29, 1.82) is 0 Å². The lowest BCUT2D eigenvalue weighted by Crippen LogP contribution is -2.10. The van der Waals surface area contributed by atoms with Crippen LogP contribution in [0.5, 0.6) is 0 Å². The van der Waals surface area contributed by atoms with Gasteiger partial charge in [-0.3, -0.25) is 0 Å². The Balaban J connectivity index is 2.20. The van der Waals surface area contributed by atoms with Gasteiger partial charge in [-0.25, -0.2) is 4.79 Å². The number of carbonyl (C=O) groups is 1. The number of ether oxygens (including phenoxy) is 1. The molecule has 0 saturated heterocycles. The summed E-state index contributed by atoms with van der Waals surface area (Å²) in [4.78, 5) is 11.8. The maximum Gasteiger partial charge on any atom is 0.338 e. The Bertz CT molecular complexity index is 620. The zero-order valence-electron chi connectivity index (χ0n) is 12.7. The summed E-state index contributed by atoms with van der Waals surface area (Å²) < 4.78 is 4.82. The minimum atomic E-state index is -0.301. The standard InChI is InChI=1S/C18H21NO2/c1-13(2)15-9-6-7-11-17(15)19-12-14-8-4-5-10-16(14)18(20)21-3/h4-11,13,19H,12H2,1-3H3. The van der Waals surface area contributed by atoms with Crippen LogP contribution in [-0.2, 0) is 11.3 Å². The van der Waals surface area contributed by atoms with E-state index >= 15 is 0 Å². The fourth-order valence-electron chi connectivity index (χ4n) is 2.34. The molecule has 2 aromatic carbocycles. The van der Waals surface area contributed by atoms with Crippen LogP contribution in [-0.4, -0.2) is 13.1 Å². The minimum absolute atomic E-state index is 0.301. The zero-order chi connectivity index (χ0) is 15.2. The minimum Gasteiger partial charge on any atom is -0.465 e. The number of hydrogen-bond donors (Lipinski definition) is 1. The first kappa shape index (κ1) is 15.1. The fourth-order valence-corrected chi connectivity index (χ4v) is 2.34. The number of methoxy groups -OCH3 is 1. The van der Waals surface area contributed by atoms with Crippen molar-refractivity contribution in [3.8, 4) is 0 Å². The summed E-state index contributed by atoms with van der Waals surface area (Å²) in [7, 11) is 1.40. The summed E-state index contributed by atoms with van der Waals surface area (Å²) in [6.45, 7) is 4.93. The van der Waals surface area contributed by atoms with Crippen LogP contribution >= 0.6 is 0 Å². The predicted octanol–water partition coefficient (Wildman–Crippen LogP) is 4.21. The summed E-state index contributed by atoms with van der Waals surface area (Å²) in [6, 6.07) is 15.8. The van der Waals surface area contributed by atoms with Gasteiger partial charge in [0.2, 0.25) is 0 Å². The average molecular weight is 283 g/mol. The molecule has 0 atom stereocenters. The van der Waals surface area contributed by atoms with E-state index in [-0.39, 0.29) is 5.97 Å². The summed E-state index contributed by atoms with van der Waals surface area (Å²) in [6.07, 6.45) is 0. The first-order valence-corrected chi connectivity index (χ1v) is 7.12. The molecule has 2 rings (SSSR count). The van der Waals surface area contributed by atoms with E-state index < -0.39 is 0 Å². The number of para-hydroxylation sites is 1. The van der Waals surface area contributed by atoms with Crippen molar-refractivity contribution in [3.05, 3.63) is 65.2 Å². The number of esters is 1. The molecule has 0 heterocycles. The third-order valence-electron chi connectivity index (χ3n) is 3.47. The topological polar surface area (TPSA) is 38.3 Å². The van der Waals surface area contributed by atoms with Gasteiger partial charge in [0.05, 0.1) is 12.7 Å². The maximum atomic E-state index is 11.8. The fraction of sp³-hybridized carbons (Fsp3) is 0.278. The van der Waals surface area contributed by atoms with E-state index in [9.17, 15) is 4.79 Å². The monoisotopic (exact) mass is 283 g/mol. The number of rotatable bonds is 5. The highest BCUT2D eigenvalue weighted by molar-refractivity contribution is 5.91. The molecule has 2 aromatic rings. The molecule has 0 aliphatic rings. The predicted molar refractivity (Wildman–Crippen MR) is 85.6 cm³/mol. The molecule has 0 radical (unpaired) electrons. The highest BCUT2D eigenvalue weighted by atomic mass is 16.5. The Morgan fingerprint density at radius 1 is 1.10 bits per heavy atom. The second-order valence-corrected chi connectivity index (χ2v) is 5.24. The highest BCUT2D eigenvalue weighted by Gasteiger charge is 2.11. The largest absolute Gasteiger partial charge is 0.465 e. The van der Waals surface area contributed by atoms with Crippen molar-refractivity contribution in [3.63, 3.8) is 0 Å². The smallest absolute Gasteiger partial charge is 0.338 e. The lowest BCUT2D eigenvalue weighted by molar-refractivity contribution is 0.0599. The first-order valence-electron chi connectivity index (χ1n) is 7.12. The molecule has 3 heteroatoms.